The molecular formula is C15H19ClN4. The minimum absolute atomic E-state index is 0.699. The van der Waals surface area contributed by atoms with E-state index in [9.17, 15) is 0 Å². The van der Waals surface area contributed by atoms with Gasteiger partial charge in [0.05, 0.1) is 5.02 Å². The van der Waals surface area contributed by atoms with Gasteiger partial charge in [0.2, 0.25) is 0 Å². The van der Waals surface area contributed by atoms with Crippen LogP contribution in [0.25, 0.3) is 0 Å². The molecule has 2 heterocycles. The molecule has 20 heavy (non-hydrogen) atoms. The molecule has 4 nitrogen and oxygen atoms in total. The predicted molar refractivity (Wildman–Crippen MR) is 83.0 cm³/mol. The fourth-order valence-corrected chi connectivity index (χ4v) is 2.09. The van der Waals surface area contributed by atoms with Gasteiger partial charge in [0.15, 0.2) is 0 Å². The quantitative estimate of drug-likeness (QED) is 0.888. The maximum Gasteiger partial charge on any atom is 0.128 e. The van der Waals surface area contributed by atoms with E-state index in [-0.39, 0.29) is 0 Å². The Morgan fingerprint density at radius 3 is 2.90 bits per heavy atom. The lowest BCUT2D eigenvalue weighted by Gasteiger charge is -2.19. The monoisotopic (exact) mass is 290 g/mol. The molecular weight excluding hydrogens is 272 g/mol. The minimum Gasteiger partial charge on any atom is -0.355 e. The van der Waals surface area contributed by atoms with E-state index in [1.165, 1.54) is 0 Å². The van der Waals surface area contributed by atoms with Gasteiger partial charge in [-0.15, -0.1) is 0 Å². The lowest BCUT2D eigenvalue weighted by molar-refractivity contribution is 0.725. The highest BCUT2D eigenvalue weighted by Gasteiger charge is 2.07. The third-order valence-electron chi connectivity index (χ3n) is 3.02. The highest BCUT2D eigenvalue weighted by Crippen LogP contribution is 2.20. The maximum atomic E-state index is 6.17. The van der Waals surface area contributed by atoms with Crippen LogP contribution in [0.1, 0.15) is 18.1 Å². The van der Waals surface area contributed by atoms with Crippen molar-refractivity contribution in [2.75, 3.05) is 18.5 Å². The summed E-state index contributed by atoms with van der Waals surface area (Å²) in [5, 5.41) is 3.98. The Morgan fingerprint density at radius 2 is 2.20 bits per heavy atom. The number of anilines is 1. The topological polar surface area (TPSA) is 41.0 Å². The van der Waals surface area contributed by atoms with Crippen LogP contribution in [0, 0.1) is 0 Å². The van der Waals surface area contributed by atoms with Crippen LogP contribution in [0.2, 0.25) is 5.02 Å². The van der Waals surface area contributed by atoms with Crippen molar-refractivity contribution >= 4 is 17.4 Å². The number of halogens is 1. The van der Waals surface area contributed by atoms with Gasteiger partial charge in [-0.2, -0.15) is 0 Å². The summed E-state index contributed by atoms with van der Waals surface area (Å²) in [6, 6.07) is 6.02. The smallest absolute Gasteiger partial charge is 0.128 e. The SMILES string of the molecule is CCNCc1cc(N(C)Cc2cccnc2)ncc1Cl. The zero-order chi connectivity index (χ0) is 14.4. The highest BCUT2D eigenvalue weighted by molar-refractivity contribution is 6.31. The van der Waals surface area contributed by atoms with Crippen LogP contribution < -0.4 is 10.2 Å². The molecule has 0 saturated heterocycles. The van der Waals surface area contributed by atoms with Crippen LogP contribution in [0.3, 0.4) is 0 Å². The van der Waals surface area contributed by atoms with Gasteiger partial charge in [0.1, 0.15) is 5.82 Å². The van der Waals surface area contributed by atoms with Crippen LogP contribution in [-0.2, 0) is 13.1 Å². The summed E-state index contributed by atoms with van der Waals surface area (Å²) in [6.45, 7) is 4.51. The number of hydrogen-bond acceptors (Lipinski definition) is 4. The summed E-state index contributed by atoms with van der Waals surface area (Å²) in [4.78, 5) is 10.6. The van der Waals surface area contributed by atoms with E-state index in [2.05, 4.69) is 33.2 Å². The van der Waals surface area contributed by atoms with Gasteiger partial charge in [0, 0.05) is 38.7 Å². The lowest BCUT2D eigenvalue weighted by Crippen LogP contribution is -2.19. The van der Waals surface area contributed by atoms with E-state index in [1.54, 1.807) is 12.4 Å². The first kappa shape index (κ1) is 14.8. The number of aromatic nitrogens is 2. The van der Waals surface area contributed by atoms with Crippen molar-refractivity contribution in [1.82, 2.24) is 15.3 Å². The van der Waals surface area contributed by atoms with Crippen molar-refractivity contribution in [3.8, 4) is 0 Å². The predicted octanol–water partition coefficient (Wildman–Crippen LogP) is 2.88. The normalized spacial score (nSPS) is 10.6. The van der Waals surface area contributed by atoms with E-state index in [0.717, 1.165) is 36.6 Å². The van der Waals surface area contributed by atoms with Crippen molar-refractivity contribution in [2.24, 2.45) is 0 Å². The number of nitrogens with zero attached hydrogens (tertiary/aromatic N) is 3. The molecule has 0 aliphatic carbocycles. The third-order valence-corrected chi connectivity index (χ3v) is 3.36. The first-order chi connectivity index (χ1) is 9.70. The number of rotatable bonds is 6. The molecule has 106 valence electrons. The molecule has 2 aromatic heterocycles. The van der Waals surface area contributed by atoms with Crippen molar-refractivity contribution in [2.45, 2.75) is 20.0 Å². The van der Waals surface area contributed by atoms with Crippen molar-refractivity contribution < 1.29 is 0 Å². The Bertz CT molecular complexity index is 545. The average molecular weight is 291 g/mol. The van der Waals surface area contributed by atoms with E-state index in [4.69, 9.17) is 11.6 Å². The minimum atomic E-state index is 0.699. The second-order valence-corrected chi connectivity index (χ2v) is 5.04. The molecule has 0 radical (unpaired) electrons. The Kier molecular flexibility index (Phi) is 5.32. The molecule has 0 bridgehead atoms. The number of nitrogens with one attached hydrogen (secondary N) is 1. The van der Waals surface area contributed by atoms with E-state index >= 15 is 0 Å². The fraction of sp³-hybridized carbons (Fsp3) is 0.333. The molecule has 0 unspecified atom stereocenters. The maximum absolute atomic E-state index is 6.17. The molecule has 0 aliphatic rings. The van der Waals surface area contributed by atoms with Crippen LogP contribution in [-0.4, -0.2) is 23.6 Å². The first-order valence-electron chi connectivity index (χ1n) is 6.66. The molecule has 2 aromatic rings. The molecule has 2 rings (SSSR count). The average Bonchev–Trinajstić information content (AvgIpc) is 2.47. The van der Waals surface area contributed by atoms with Gasteiger partial charge in [-0.1, -0.05) is 24.6 Å². The summed E-state index contributed by atoms with van der Waals surface area (Å²) < 4.78 is 0. The third kappa shape index (κ3) is 3.92. The molecule has 0 aliphatic heterocycles. The van der Waals surface area contributed by atoms with Gasteiger partial charge in [-0.3, -0.25) is 4.98 Å². The van der Waals surface area contributed by atoms with E-state index in [0.29, 0.717) is 5.02 Å². The van der Waals surface area contributed by atoms with Crippen molar-refractivity contribution in [1.29, 1.82) is 0 Å². The Balaban J connectivity index is 2.11. The van der Waals surface area contributed by atoms with Crippen molar-refractivity contribution in [3.05, 3.63) is 52.9 Å². The van der Waals surface area contributed by atoms with Gasteiger partial charge >= 0.3 is 0 Å². The summed E-state index contributed by atoms with van der Waals surface area (Å²) in [5.41, 5.74) is 2.22. The van der Waals surface area contributed by atoms with Gasteiger partial charge in [-0.05, 0) is 29.8 Å². The second kappa shape index (κ2) is 7.22. The summed E-state index contributed by atoms with van der Waals surface area (Å²) >= 11 is 6.17. The summed E-state index contributed by atoms with van der Waals surface area (Å²) in [7, 11) is 2.01. The molecule has 0 spiro atoms. The zero-order valence-corrected chi connectivity index (χ0v) is 12.6. The first-order valence-corrected chi connectivity index (χ1v) is 7.03. The van der Waals surface area contributed by atoms with Gasteiger partial charge < -0.3 is 10.2 Å². The van der Waals surface area contributed by atoms with Crippen LogP contribution in [0.5, 0.6) is 0 Å². The van der Waals surface area contributed by atoms with E-state index in [1.807, 2.05) is 25.4 Å². The molecule has 0 fully saturated rings. The highest BCUT2D eigenvalue weighted by atomic mass is 35.5. The van der Waals surface area contributed by atoms with Crippen LogP contribution in [0.15, 0.2) is 36.8 Å². The fourth-order valence-electron chi connectivity index (χ4n) is 1.92. The number of hydrogen-bond donors (Lipinski definition) is 1. The molecule has 0 aromatic carbocycles. The molecule has 0 atom stereocenters. The second-order valence-electron chi connectivity index (χ2n) is 4.63. The zero-order valence-electron chi connectivity index (χ0n) is 11.8. The molecule has 5 heteroatoms. The molecule has 1 N–H and O–H groups in total. The van der Waals surface area contributed by atoms with Crippen LogP contribution in [0.4, 0.5) is 5.82 Å². The number of pyridine rings is 2. The summed E-state index contributed by atoms with van der Waals surface area (Å²) in [5.74, 6) is 0.908. The Morgan fingerprint density at radius 1 is 1.35 bits per heavy atom. The van der Waals surface area contributed by atoms with E-state index < -0.39 is 0 Å². The van der Waals surface area contributed by atoms with Gasteiger partial charge in [0.25, 0.3) is 0 Å². The lowest BCUT2D eigenvalue weighted by atomic mass is 10.2. The largest absolute Gasteiger partial charge is 0.355 e. The van der Waals surface area contributed by atoms with Crippen LogP contribution >= 0.6 is 11.6 Å². The summed E-state index contributed by atoms with van der Waals surface area (Å²) in [6.07, 6.45) is 5.35. The molecule has 0 saturated carbocycles. The Labute approximate surface area is 124 Å². The van der Waals surface area contributed by atoms with Crippen molar-refractivity contribution in [3.63, 3.8) is 0 Å². The standard InChI is InChI=1S/C15H19ClN4/c1-3-17-9-13-7-15(19-10-14(13)16)20(2)11-12-5-4-6-18-8-12/h4-8,10,17H,3,9,11H2,1-2H3. The Hall–Kier alpha value is -1.65. The molecule has 0 amide bonds. The van der Waals surface area contributed by atoms with Gasteiger partial charge in [-0.25, -0.2) is 4.98 Å².